The van der Waals surface area contributed by atoms with Crippen LogP contribution in [0, 0.1) is 0 Å². The van der Waals surface area contributed by atoms with Crippen LogP contribution in [0.1, 0.15) is 37.9 Å². The van der Waals surface area contributed by atoms with E-state index in [-0.39, 0.29) is 10.8 Å². The van der Waals surface area contributed by atoms with Gasteiger partial charge in [-0.2, -0.15) is 0 Å². The molecule has 2 rings (SSSR count). The fraction of sp³-hybridized carbons (Fsp3) is 0.294. The summed E-state index contributed by atoms with van der Waals surface area (Å²) in [5, 5.41) is 0.659. The largest absolute Gasteiger partial charge is 0.398 e. The molecule has 23 heavy (non-hydrogen) atoms. The molecule has 3 nitrogen and oxygen atoms in total. The fourth-order valence-corrected chi connectivity index (χ4v) is 3.38. The Kier molecular flexibility index (Phi) is 5.89. The highest BCUT2D eigenvalue weighted by Crippen LogP contribution is 2.31. The van der Waals surface area contributed by atoms with Gasteiger partial charge in [-0.25, -0.2) is 8.93 Å². The summed E-state index contributed by atoms with van der Waals surface area (Å²) >= 11 is 9.46. The summed E-state index contributed by atoms with van der Waals surface area (Å²) in [5.41, 5.74) is 8.63. The van der Waals surface area contributed by atoms with Crippen molar-refractivity contribution in [3.8, 4) is 0 Å². The molecule has 3 N–H and O–H groups in total. The van der Waals surface area contributed by atoms with Crippen molar-refractivity contribution in [1.82, 2.24) is 4.72 Å². The van der Waals surface area contributed by atoms with Gasteiger partial charge in [-0.1, -0.05) is 39.7 Å². The molecular weight excluding hydrogens is 396 g/mol. The third-order valence-corrected chi connectivity index (χ3v) is 5.65. The lowest BCUT2D eigenvalue weighted by Gasteiger charge is -2.26. The molecule has 2 aromatic rings. The van der Waals surface area contributed by atoms with Gasteiger partial charge >= 0.3 is 0 Å². The highest BCUT2D eigenvalue weighted by atomic mass is 79.9. The lowest BCUT2D eigenvalue weighted by atomic mass is 9.98. The minimum absolute atomic E-state index is 0.287. The molecule has 0 spiro atoms. The van der Waals surface area contributed by atoms with Crippen LogP contribution in [-0.2, 0) is 11.0 Å². The summed E-state index contributed by atoms with van der Waals surface area (Å²) in [6, 6.07) is 12.9. The van der Waals surface area contributed by atoms with Crippen LogP contribution in [0.4, 0.5) is 5.69 Å². The van der Waals surface area contributed by atoms with Gasteiger partial charge in [-0.05, 0) is 62.2 Å². The molecule has 0 aliphatic rings. The van der Waals surface area contributed by atoms with Crippen LogP contribution in [0.3, 0.4) is 0 Å². The van der Waals surface area contributed by atoms with Gasteiger partial charge < -0.3 is 5.73 Å². The van der Waals surface area contributed by atoms with Crippen molar-refractivity contribution in [2.75, 3.05) is 5.73 Å². The van der Waals surface area contributed by atoms with Crippen LogP contribution >= 0.6 is 27.5 Å². The second kappa shape index (κ2) is 7.34. The summed E-state index contributed by atoms with van der Waals surface area (Å²) in [6.07, 6.45) is 0. The smallest absolute Gasteiger partial charge is 0.0979 e. The maximum atomic E-state index is 12.6. The molecule has 0 bridgehead atoms. The molecule has 0 amide bonds. The first kappa shape index (κ1) is 18.5. The fourth-order valence-electron chi connectivity index (χ4n) is 2.05. The Bertz CT molecular complexity index is 714. The van der Waals surface area contributed by atoms with Crippen molar-refractivity contribution in [3.63, 3.8) is 0 Å². The van der Waals surface area contributed by atoms with Crippen LogP contribution < -0.4 is 10.5 Å². The average Bonchev–Trinajstić information content (AvgIpc) is 2.47. The Morgan fingerprint density at radius 1 is 1.17 bits per heavy atom. The van der Waals surface area contributed by atoms with E-state index < -0.39 is 11.0 Å². The number of rotatable bonds is 4. The summed E-state index contributed by atoms with van der Waals surface area (Å²) in [5.74, 6) is 0. The van der Waals surface area contributed by atoms with Gasteiger partial charge in [0.1, 0.15) is 0 Å². The van der Waals surface area contributed by atoms with Gasteiger partial charge in [0.25, 0.3) is 0 Å². The number of nitrogen functional groups attached to an aromatic ring is 1. The van der Waals surface area contributed by atoms with Crippen molar-refractivity contribution in [3.05, 3.63) is 63.1 Å². The first-order valence-electron chi connectivity index (χ1n) is 7.17. The topological polar surface area (TPSA) is 55.1 Å². The van der Waals surface area contributed by atoms with Crippen molar-refractivity contribution in [2.45, 2.75) is 31.6 Å². The maximum Gasteiger partial charge on any atom is 0.0979 e. The summed E-state index contributed by atoms with van der Waals surface area (Å²) in [7, 11) is -1.24. The van der Waals surface area contributed by atoms with Crippen molar-refractivity contribution in [1.29, 1.82) is 0 Å². The number of nitrogens with two attached hydrogens (primary N) is 1. The zero-order chi connectivity index (χ0) is 17.2. The molecule has 0 saturated heterocycles. The van der Waals surface area contributed by atoms with Crippen LogP contribution in [-0.4, -0.2) is 8.96 Å². The number of anilines is 1. The van der Waals surface area contributed by atoms with Crippen molar-refractivity contribution in [2.24, 2.45) is 0 Å². The quantitative estimate of drug-likeness (QED) is 0.703. The Labute approximate surface area is 153 Å². The van der Waals surface area contributed by atoms with Gasteiger partial charge in [0.2, 0.25) is 0 Å². The molecule has 0 fully saturated rings. The molecule has 0 aliphatic heterocycles. The molecule has 0 radical (unpaired) electrons. The first-order chi connectivity index (χ1) is 10.7. The van der Waals surface area contributed by atoms with Gasteiger partial charge in [0.15, 0.2) is 0 Å². The third kappa shape index (κ3) is 4.80. The van der Waals surface area contributed by atoms with Crippen LogP contribution in [0.2, 0.25) is 5.02 Å². The van der Waals surface area contributed by atoms with Gasteiger partial charge in [0.05, 0.1) is 21.8 Å². The molecule has 0 heterocycles. The summed E-state index contributed by atoms with van der Waals surface area (Å²) < 4.78 is 16.3. The molecule has 0 unspecified atom stereocenters. The number of hydrogen-bond acceptors (Lipinski definition) is 2. The number of nitrogens with one attached hydrogen (secondary N) is 1. The normalized spacial score (nSPS) is 14.5. The molecule has 2 atom stereocenters. The van der Waals surface area contributed by atoms with E-state index in [9.17, 15) is 4.21 Å². The van der Waals surface area contributed by atoms with E-state index in [0.717, 1.165) is 15.6 Å². The molecule has 0 aliphatic carbocycles. The van der Waals surface area contributed by atoms with E-state index in [0.29, 0.717) is 10.7 Å². The zero-order valence-corrected chi connectivity index (χ0v) is 16.4. The highest BCUT2D eigenvalue weighted by molar-refractivity contribution is 9.10. The second-order valence-electron chi connectivity index (χ2n) is 6.26. The minimum Gasteiger partial charge on any atom is -0.398 e. The van der Waals surface area contributed by atoms with Gasteiger partial charge in [-0.3, -0.25) is 0 Å². The van der Waals surface area contributed by atoms with Crippen LogP contribution in [0.25, 0.3) is 0 Å². The van der Waals surface area contributed by atoms with Crippen molar-refractivity contribution >= 4 is 44.2 Å². The predicted molar refractivity (Wildman–Crippen MR) is 103 cm³/mol. The SMILES string of the molecule is CC(C)(C)[S@](=O)N[C@H](c1ccc(Cl)cc1)c1cc(Br)ccc1N. The van der Waals surface area contributed by atoms with E-state index >= 15 is 0 Å². The Morgan fingerprint density at radius 3 is 2.35 bits per heavy atom. The maximum absolute atomic E-state index is 12.6. The lowest BCUT2D eigenvalue weighted by Crippen LogP contribution is -2.36. The van der Waals surface area contributed by atoms with E-state index in [4.69, 9.17) is 17.3 Å². The number of benzene rings is 2. The van der Waals surface area contributed by atoms with Crippen LogP contribution in [0.5, 0.6) is 0 Å². The Hall–Kier alpha value is -0.880. The minimum atomic E-state index is -1.24. The number of halogens is 2. The molecule has 6 heteroatoms. The zero-order valence-electron chi connectivity index (χ0n) is 13.3. The second-order valence-corrected chi connectivity index (χ2v) is 9.61. The molecular formula is C17H20BrClN2OS. The first-order valence-corrected chi connectivity index (χ1v) is 9.49. The molecule has 124 valence electrons. The van der Waals surface area contributed by atoms with Crippen LogP contribution in [0.15, 0.2) is 46.9 Å². The van der Waals surface area contributed by atoms with E-state index in [1.807, 2.05) is 63.2 Å². The van der Waals surface area contributed by atoms with Crippen molar-refractivity contribution < 1.29 is 4.21 Å². The molecule has 0 saturated carbocycles. The average molecular weight is 416 g/mol. The standard InChI is InChI=1S/C17H20BrClN2OS/c1-17(2,3)23(22)21-16(11-4-7-13(19)8-5-11)14-10-12(18)6-9-15(14)20/h4-10,16,21H,20H2,1-3H3/t16-,23+/m1/s1. The van der Waals surface area contributed by atoms with Gasteiger partial charge in [-0.15, -0.1) is 0 Å². The summed E-state index contributed by atoms with van der Waals surface area (Å²) in [4.78, 5) is 0. The monoisotopic (exact) mass is 414 g/mol. The highest BCUT2D eigenvalue weighted by Gasteiger charge is 2.25. The molecule has 0 aromatic heterocycles. The van der Waals surface area contributed by atoms with E-state index in [1.54, 1.807) is 0 Å². The summed E-state index contributed by atoms with van der Waals surface area (Å²) in [6.45, 7) is 5.79. The van der Waals surface area contributed by atoms with E-state index in [2.05, 4.69) is 20.7 Å². The third-order valence-electron chi connectivity index (χ3n) is 3.34. The predicted octanol–water partition coefficient (Wildman–Crippen LogP) is 4.83. The Morgan fingerprint density at radius 2 is 1.78 bits per heavy atom. The Balaban J connectivity index is 2.49. The van der Waals surface area contributed by atoms with Gasteiger partial charge in [0, 0.05) is 15.2 Å². The number of hydrogen-bond donors (Lipinski definition) is 2. The molecule has 2 aromatic carbocycles. The van der Waals surface area contributed by atoms with E-state index in [1.165, 1.54) is 0 Å². The lowest BCUT2D eigenvalue weighted by molar-refractivity contribution is 0.624.